The summed E-state index contributed by atoms with van der Waals surface area (Å²) in [4.78, 5) is 13.7. The summed E-state index contributed by atoms with van der Waals surface area (Å²) in [6.07, 6.45) is 0. The van der Waals surface area contributed by atoms with Crippen LogP contribution in [-0.4, -0.2) is 4.98 Å². The number of aromatic amines is 1. The maximum Gasteiger partial charge on any atom is 0.304 e. The van der Waals surface area contributed by atoms with E-state index in [2.05, 4.69) is 10.3 Å². The van der Waals surface area contributed by atoms with Gasteiger partial charge in [-0.1, -0.05) is 35.1 Å². The largest absolute Gasteiger partial charge is 0.315 e. The van der Waals surface area contributed by atoms with Crippen molar-refractivity contribution in [2.24, 2.45) is 0 Å². The van der Waals surface area contributed by atoms with Gasteiger partial charge in [0.2, 0.25) is 0 Å². The molecule has 0 aliphatic carbocycles. The number of hydrogen-bond donors (Lipinski definition) is 2. The van der Waals surface area contributed by atoms with Crippen molar-refractivity contribution in [1.82, 2.24) is 10.3 Å². The maximum absolute atomic E-state index is 10.9. The molecule has 0 aliphatic heterocycles. The van der Waals surface area contributed by atoms with Crippen LogP contribution in [0.25, 0.3) is 0 Å². The van der Waals surface area contributed by atoms with Gasteiger partial charge in [-0.05, 0) is 24.1 Å². The van der Waals surface area contributed by atoms with Gasteiger partial charge in [-0.25, -0.2) is 0 Å². The number of hydrogen-bond acceptors (Lipinski definition) is 3. The highest BCUT2D eigenvalue weighted by atomic mass is 35.5. The molecule has 0 spiro atoms. The third-order valence-electron chi connectivity index (χ3n) is 2.45. The molecule has 2 aromatic rings. The third kappa shape index (κ3) is 3.43. The molecule has 3 nitrogen and oxygen atoms in total. The highest BCUT2D eigenvalue weighted by Gasteiger charge is 1.99. The van der Waals surface area contributed by atoms with E-state index in [1.54, 1.807) is 0 Å². The second-order valence-corrected chi connectivity index (χ2v) is 5.11. The lowest BCUT2D eigenvalue weighted by Crippen LogP contribution is -2.13. The Balaban J connectivity index is 1.89. The first-order valence-corrected chi connectivity index (χ1v) is 6.53. The molecule has 0 bridgehead atoms. The molecular weight excluding hydrogens is 256 g/mol. The van der Waals surface area contributed by atoms with Crippen LogP contribution in [0.1, 0.15) is 16.8 Å². The van der Waals surface area contributed by atoms with Crippen molar-refractivity contribution in [3.8, 4) is 0 Å². The van der Waals surface area contributed by atoms with E-state index in [4.69, 9.17) is 11.6 Å². The number of rotatable bonds is 4. The second kappa shape index (κ2) is 5.49. The Kier molecular flexibility index (Phi) is 3.99. The van der Waals surface area contributed by atoms with Crippen molar-refractivity contribution in [1.29, 1.82) is 0 Å². The number of nitrogens with one attached hydrogen (secondary N) is 2. The summed E-state index contributed by atoms with van der Waals surface area (Å²) in [5.41, 5.74) is 3.13. The van der Waals surface area contributed by atoms with Gasteiger partial charge in [-0.15, -0.1) is 0 Å². The Bertz CT molecular complexity index is 562. The lowest BCUT2D eigenvalue weighted by molar-refractivity contribution is 0.681. The number of halogens is 1. The summed E-state index contributed by atoms with van der Waals surface area (Å²) >= 11 is 7.22. The van der Waals surface area contributed by atoms with Gasteiger partial charge in [-0.2, -0.15) is 0 Å². The van der Waals surface area contributed by atoms with Gasteiger partial charge >= 0.3 is 4.87 Å². The van der Waals surface area contributed by atoms with E-state index < -0.39 is 0 Å². The first-order valence-electron chi connectivity index (χ1n) is 5.27. The molecule has 0 unspecified atom stereocenters. The molecule has 1 aromatic carbocycles. The average molecular weight is 269 g/mol. The molecule has 17 heavy (non-hydrogen) atoms. The van der Waals surface area contributed by atoms with Gasteiger partial charge in [-0.3, -0.25) is 4.79 Å². The van der Waals surface area contributed by atoms with Crippen LogP contribution in [0, 0.1) is 6.92 Å². The number of benzene rings is 1. The average Bonchev–Trinajstić information content (AvgIpc) is 2.70. The molecule has 0 atom stereocenters. The highest BCUT2D eigenvalue weighted by molar-refractivity contribution is 7.07. The Morgan fingerprint density at radius 2 is 2.24 bits per heavy atom. The van der Waals surface area contributed by atoms with E-state index in [-0.39, 0.29) is 4.87 Å². The van der Waals surface area contributed by atoms with Crippen LogP contribution in [0.4, 0.5) is 0 Å². The van der Waals surface area contributed by atoms with Gasteiger partial charge in [0.15, 0.2) is 0 Å². The molecule has 1 aromatic heterocycles. The molecule has 0 saturated carbocycles. The summed E-state index contributed by atoms with van der Waals surface area (Å²) in [6, 6.07) is 6.01. The first-order chi connectivity index (χ1) is 8.15. The number of thiazole rings is 1. The molecule has 2 N–H and O–H groups in total. The molecule has 0 saturated heterocycles. The maximum atomic E-state index is 10.9. The molecule has 0 radical (unpaired) electrons. The SMILES string of the molecule is Cc1ccc(CNCc2csc(=O)[nH]2)cc1Cl. The van der Waals surface area contributed by atoms with Crippen LogP contribution in [-0.2, 0) is 13.1 Å². The van der Waals surface area contributed by atoms with Crippen molar-refractivity contribution in [2.75, 3.05) is 0 Å². The van der Waals surface area contributed by atoms with Gasteiger partial charge in [0.05, 0.1) is 0 Å². The van der Waals surface area contributed by atoms with E-state index >= 15 is 0 Å². The fraction of sp³-hybridized carbons (Fsp3) is 0.250. The van der Waals surface area contributed by atoms with Crippen LogP contribution in [0.3, 0.4) is 0 Å². The van der Waals surface area contributed by atoms with Crippen LogP contribution >= 0.6 is 22.9 Å². The van der Waals surface area contributed by atoms with Crippen molar-refractivity contribution >= 4 is 22.9 Å². The Hall–Kier alpha value is -1.10. The molecule has 0 aliphatic rings. The topological polar surface area (TPSA) is 44.9 Å². The standard InChI is InChI=1S/C12H13ClN2OS/c1-8-2-3-9(4-11(8)13)5-14-6-10-7-17-12(16)15-10/h2-4,7,14H,5-6H2,1H3,(H,15,16). The molecule has 90 valence electrons. The molecule has 5 heteroatoms. The Labute approximate surface area is 108 Å². The van der Waals surface area contributed by atoms with E-state index in [1.807, 2.05) is 30.5 Å². The zero-order chi connectivity index (χ0) is 12.3. The fourth-order valence-corrected chi connectivity index (χ4v) is 2.27. The van der Waals surface area contributed by atoms with Gasteiger partial charge in [0.1, 0.15) is 0 Å². The minimum Gasteiger partial charge on any atom is -0.315 e. The van der Waals surface area contributed by atoms with Crippen LogP contribution < -0.4 is 10.2 Å². The highest BCUT2D eigenvalue weighted by Crippen LogP contribution is 2.16. The zero-order valence-corrected chi connectivity index (χ0v) is 11.0. The molecular formula is C12H13ClN2OS. The fourth-order valence-electron chi connectivity index (χ4n) is 1.49. The monoisotopic (exact) mass is 268 g/mol. The minimum absolute atomic E-state index is 0.0137. The van der Waals surface area contributed by atoms with Crippen LogP contribution in [0.5, 0.6) is 0 Å². The number of H-pyrrole nitrogens is 1. The predicted molar refractivity (Wildman–Crippen MR) is 71.7 cm³/mol. The second-order valence-electron chi connectivity index (χ2n) is 3.86. The molecule has 2 rings (SSSR count). The predicted octanol–water partition coefficient (Wildman–Crippen LogP) is 2.69. The van der Waals surface area contributed by atoms with Gasteiger partial charge < -0.3 is 10.3 Å². The Morgan fingerprint density at radius 3 is 2.88 bits per heavy atom. The first kappa shape index (κ1) is 12.4. The lowest BCUT2D eigenvalue weighted by Gasteiger charge is -2.05. The minimum atomic E-state index is -0.0137. The van der Waals surface area contributed by atoms with Crippen molar-refractivity contribution in [3.63, 3.8) is 0 Å². The summed E-state index contributed by atoms with van der Waals surface area (Å²) in [5.74, 6) is 0. The summed E-state index contributed by atoms with van der Waals surface area (Å²) in [5, 5.41) is 5.87. The normalized spacial score (nSPS) is 10.7. The summed E-state index contributed by atoms with van der Waals surface area (Å²) < 4.78 is 0. The molecule has 0 fully saturated rings. The van der Waals surface area contributed by atoms with Crippen molar-refractivity contribution in [2.45, 2.75) is 20.0 Å². The smallest absolute Gasteiger partial charge is 0.304 e. The summed E-state index contributed by atoms with van der Waals surface area (Å²) in [6.45, 7) is 3.37. The van der Waals surface area contributed by atoms with Crippen molar-refractivity contribution in [3.05, 3.63) is 55.1 Å². The van der Waals surface area contributed by atoms with E-state index in [0.29, 0.717) is 6.54 Å². The third-order valence-corrected chi connectivity index (χ3v) is 3.58. The summed E-state index contributed by atoms with van der Waals surface area (Å²) in [7, 11) is 0. The molecule has 0 amide bonds. The van der Waals surface area contributed by atoms with Crippen LogP contribution in [0.2, 0.25) is 5.02 Å². The zero-order valence-electron chi connectivity index (χ0n) is 9.42. The van der Waals surface area contributed by atoms with Gasteiger partial charge in [0.25, 0.3) is 0 Å². The van der Waals surface area contributed by atoms with Crippen molar-refractivity contribution < 1.29 is 0 Å². The van der Waals surface area contributed by atoms with Gasteiger partial charge in [0, 0.05) is 29.2 Å². The van der Waals surface area contributed by atoms with E-state index in [1.165, 1.54) is 11.3 Å². The van der Waals surface area contributed by atoms with E-state index in [9.17, 15) is 4.79 Å². The van der Waals surface area contributed by atoms with E-state index in [0.717, 1.165) is 28.4 Å². The quantitative estimate of drug-likeness (QED) is 0.896. The number of aryl methyl sites for hydroxylation is 1. The molecule has 1 heterocycles. The van der Waals surface area contributed by atoms with Crippen LogP contribution in [0.15, 0.2) is 28.4 Å². The Morgan fingerprint density at radius 1 is 1.41 bits per heavy atom. The number of aromatic nitrogens is 1. The lowest BCUT2D eigenvalue weighted by atomic mass is 10.1.